The average molecular weight is 370 g/mol. The minimum absolute atomic E-state index is 0.177. The maximum absolute atomic E-state index is 13.1. The second kappa shape index (κ2) is 7.64. The van der Waals surface area contributed by atoms with Gasteiger partial charge in [0.25, 0.3) is 0 Å². The molecular weight excluding hydrogens is 348 g/mol. The third-order valence-corrected chi connectivity index (χ3v) is 4.71. The lowest BCUT2D eigenvalue weighted by atomic mass is 9.95. The Bertz CT molecular complexity index is 1060. The molecule has 0 amide bonds. The molecule has 0 N–H and O–H groups in total. The molecule has 0 saturated heterocycles. The standard InChI is InChI=1S/C23H22N4O/c1-17(2)22-21(19-12-7-4-8-13-19)20(16-18-10-5-3-6-11-18)27(25-22)23(28)26-15-9-14-24-26/h3-15,17H,16H2,1-2H3. The Morgan fingerprint density at radius 3 is 2.25 bits per heavy atom. The molecule has 2 heterocycles. The molecule has 2 aromatic heterocycles. The monoisotopic (exact) mass is 370 g/mol. The molecule has 5 heteroatoms. The molecule has 0 saturated carbocycles. The predicted molar refractivity (Wildman–Crippen MR) is 109 cm³/mol. The van der Waals surface area contributed by atoms with Crippen molar-refractivity contribution in [1.29, 1.82) is 0 Å². The summed E-state index contributed by atoms with van der Waals surface area (Å²) in [5, 5.41) is 8.85. The SMILES string of the molecule is CC(C)c1nn(C(=O)n2cccn2)c(Cc2ccccc2)c1-c1ccccc1. The molecule has 0 unspecified atom stereocenters. The summed E-state index contributed by atoms with van der Waals surface area (Å²) in [6, 6.07) is 21.8. The molecule has 4 aromatic rings. The van der Waals surface area contributed by atoms with E-state index in [1.807, 2.05) is 36.4 Å². The van der Waals surface area contributed by atoms with E-state index >= 15 is 0 Å². The Kier molecular flexibility index (Phi) is 4.89. The maximum Gasteiger partial charge on any atom is 0.369 e. The Hall–Kier alpha value is -3.47. The quantitative estimate of drug-likeness (QED) is 0.509. The van der Waals surface area contributed by atoms with Crippen molar-refractivity contribution in [2.45, 2.75) is 26.2 Å². The fraction of sp³-hybridized carbons (Fsp3) is 0.174. The van der Waals surface area contributed by atoms with Crippen molar-refractivity contribution in [2.75, 3.05) is 0 Å². The highest BCUT2D eigenvalue weighted by Gasteiger charge is 2.25. The molecule has 0 fully saturated rings. The number of nitrogens with zero attached hydrogens (tertiary/aromatic N) is 4. The largest absolute Gasteiger partial charge is 0.369 e. The summed E-state index contributed by atoms with van der Waals surface area (Å²) in [6.45, 7) is 4.20. The van der Waals surface area contributed by atoms with Crippen molar-refractivity contribution in [2.24, 2.45) is 0 Å². The number of benzene rings is 2. The van der Waals surface area contributed by atoms with Gasteiger partial charge in [0.15, 0.2) is 0 Å². The van der Waals surface area contributed by atoms with Gasteiger partial charge in [-0.3, -0.25) is 0 Å². The molecule has 0 atom stereocenters. The summed E-state index contributed by atoms with van der Waals surface area (Å²) >= 11 is 0. The lowest BCUT2D eigenvalue weighted by Crippen LogP contribution is -2.23. The van der Waals surface area contributed by atoms with E-state index < -0.39 is 0 Å². The normalized spacial score (nSPS) is 11.1. The summed E-state index contributed by atoms with van der Waals surface area (Å²) in [7, 11) is 0. The Balaban J connectivity index is 1.93. The number of hydrogen-bond acceptors (Lipinski definition) is 3. The topological polar surface area (TPSA) is 52.7 Å². The van der Waals surface area contributed by atoms with Crippen molar-refractivity contribution in [3.05, 3.63) is 96.1 Å². The Morgan fingerprint density at radius 1 is 0.964 bits per heavy atom. The fourth-order valence-electron chi connectivity index (χ4n) is 3.39. The van der Waals surface area contributed by atoms with Gasteiger partial charge in [-0.25, -0.2) is 4.79 Å². The van der Waals surface area contributed by atoms with E-state index in [0.29, 0.717) is 6.42 Å². The first-order valence-corrected chi connectivity index (χ1v) is 9.40. The molecule has 0 bridgehead atoms. The third kappa shape index (κ3) is 3.39. The number of carbonyl (C=O) groups is 1. The molecule has 0 aliphatic heterocycles. The molecule has 0 radical (unpaired) electrons. The molecule has 0 aliphatic carbocycles. The first kappa shape index (κ1) is 17.9. The van der Waals surface area contributed by atoms with Gasteiger partial charge in [0, 0.05) is 24.4 Å². The minimum Gasteiger partial charge on any atom is -0.244 e. The third-order valence-electron chi connectivity index (χ3n) is 4.71. The molecular formula is C23H22N4O. The summed E-state index contributed by atoms with van der Waals surface area (Å²) in [5.74, 6) is 0.177. The van der Waals surface area contributed by atoms with Crippen LogP contribution in [-0.2, 0) is 6.42 Å². The highest BCUT2D eigenvalue weighted by molar-refractivity contribution is 5.82. The second-order valence-corrected chi connectivity index (χ2v) is 7.04. The zero-order valence-electron chi connectivity index (χ0n) is 16.0. The van der Waals surface area contributed by atoms with E-state index in [-0.39, 0.29) is 11.9 Å². The van der Waals surface area contributed by atoms with Crippen LogP contribution >= 0.6 is 0 Å². The van der Waals surface area contributed by atoms with Crippen molar-refractivity contribution in [3.63, 3.8) is 0 Å². The zero-order valence-corrected chi connectivity index (χ0v) is 16.0. The van der Waals surface area contributed by atoms with Gasteiger partial charge in [0.05, 0.1) is 11.4 Å². The van der Waals surface area contributed by atoms with Crippen LogP contribution in [0.15, 0.2) is 79.1 Å². The van der Waals surface area contributed by atoms with Crippen LogP contribution < -0.4 is 0 Å². The maximum atomic E-state index is 13.1. The second-order valence-electron chi connectivity index (χ2n) is 7.04. The van der Waals surface area contributed by atoms with Crippen molar-refractivity contribution in [1.82, 2.24) is 19.6 Å². The fourth-order valence-corrected chi connectivity index (χ4v) is 3.39. The van der Waals surface area contributed by atoms with Crippen LogP contribution in [0.25, 0.3) is 11.1 Å². The van der Waals surface area contributed by atoms with Crippen molar-refractivity contribution in [3.8, 4) is 11.1 Å². The average Bonchev–Trinajstić information content (AvgIpc) is 3.37. The summed E-state index contributed by atoms with van der Waals surface area (Å²) in [4.78, 5) is 13.1. The van der Waals surface area contributed by atoms with Crippen LogP contribution in [0.4, 0.5) is 4.79 Å². The zero-order chi connectivity index (χ0) is 19.5. The van der Waals surface area contributed by atoms with E-state index in [1.165, 1.54) is 9.36 Å². The molecule has 0 spiro atoms. The smallest absolute Gasteiger partial charge is 0.244 e. The summed E-state index contributed by atoms with van der Waals surface area (Å²) in [6.07, 6.45) is 3.85. The first-order chi connectivity index (χ1) is 13.6. The summed E-state index contributed by atoms with van der Waals surface area (Å²) in [5.41, 5.74) is 5.01. The molecule has 5 nitrogen and oxygen atoms in total. The van der Waals surface area contributed by atoms with Crippen molar-refractivity contribution >= 4 is 6.03 Å². The van der Waals surface area contributed by atoms with E-state index in [2.05, 4.69) is 43.2 Å². The van der Waals surface area contributed by atoms with Gasteiger partial charge < -0.3 is 0 Å². The van der Waals surface area contributed by atoms with Crippen molar-refractivity contribution < 1.29 is 4.79 Å². The number of aromatic nitrogens is 4. The van der Waals surface area contributed by atoms with E-state index in [1.54, 1.807) is 18.5 Å². The minimum atomic E-state index is -0.278. The van der Waals surface area contributed by atoms with E-state index in [4.69, 9.17) is 5.10 Å². The van der Waals surface area contributed by atoms with Gasteiger partial charge in [-0.1, -0.05) is 74.5 Å². The van der Waals surface area contributed by atoms with Crippen LogP contribution in [0.3, 0.4) is 0 Å². The summed E-state index contributed by atoms with van der Waals surface area (Å²) < 4.78 is 2.83. The van der Waals surface area contributed by atoms with Gasteiger partial charge in [0.1, 0.15) is 0 Å². The van der Waals surface area contributed by atoms with Gasteiger partial charge in [-0.2, -0.15) is 19.6 Å². The highest BCUT2D eigenvalue weighted by atomic mass is 16.2. The highest BCUT2D eigenvalue weighted by Crippen LogP contribution is 2.33. The lowest BCUT2D eigenvalue weighted by molar-refractivity contribution is 0.237. The van der Waals surface area contributed by atoms with Gasteiger partial charge in [-0.15, -0.1) is 0 Å². The number of carbonyl (C=O) groups excluding carboxylic acids is 1. The molecule has 0 aliphatic rings. The van der Waals surface area contributed by atoms with E-state index in [9.17, 15) is 4.79 Å². The van der Waals surface area contributed by atoms with Gasteiger partial charge >= 0.3 is 6.03 Å². The van der Waals surface area contributed by atoms with Crippen LogP contribution in [-0.4, -0.2) is 25.6 Å². The molecule has 140 valence electrons. The van der Waals surface area contributed by atoms with E-state index in [0.717, 1.165) is 28.1 Å². The van der Waals surface area contributed by atoms with Crippen LogP contribution in [0.1, 0.15) is 36.7 Å². The predicted octanol–water partition coefficient (Wildman–Crippen LogP) is 4.98. The molecule has 4 rings (SSSR count). The number of hydrogen-bond donors (Lipinski definition) is 0. The van der Waals surface area contributed by atoms with Crippen LogP contribution in [0.5, 0.6) is 0 Å². The molecule has 2 aromatic carbocycles. The van der Waals surface area contributed by atoms with Gasteiger partial charge in [0.2, 0.25) is 0 Å². The Labute approximate surface area is 164 Å². The van der Waals surface area contributed by atoms with Crippen LogP contribution in [0.2, 0.25) is 0 Å². The first-order valence-electron chi connectivity index (χ1n) is 9.40. The number of rotatable bonds is 4. The molecule has 28 heavy (non-hydrogen) atoms. The van der Waals surface area contributed by atoms with Crippen LogP contribution in [0, 0.1) is 0 Å². The Morgan fingerprint density at radius 2 is 1.64 bits per heavy atom. The van der Waals surface area contributed by atoms with Gasteiger partial charge in [-0.05, 0) is 23.1 Å². The lowest BCUT2D eigenvalue weighted by Gasteiger charge is -2.10.